The van der Waals surface area contributed by atoms with E-state index in [9.17, 15) is 0 Å². The zero-order valence-corrected chi connectivity index (χ0v) is 12.8. The predicted octanol–water partition coefficient (Wildman–Crippen LogP) is 3.32. The summed E-state index contributed by atoms with van der Waals surface area (Å²) in [5.74, 6) is 2.88. The Hall–Kier alpha value is -0.800. The van der Waals surface area contributed by atoms with Crippen molar-refractivity contribution in [3.8, 4) is 0 Å². The van der Waals surface area contributed by atoms with Gasteiger partial charge in [0.05, 0.1) is 6.54 Å². The largest absolute Gasteiger partial charge is 0.465 e. The average molecular weight is 264 g/mol. The Bertz CT molecular complexity index is 393. The zero-order chi connectivity index (χ0) is 13.8. The van der Waals surface area contributed by atoms with Crippen LogP contribution in [0.15, 0.2) is 10.5 Å². The van der Waals surface area contributed by atoms with E-state index < -0.39 is 0 Å². The van der Waals surface area contributed by atoms with E-state index in [2.05, 4.69) is 44.0 Å². The van der Waals surface area contributed by atoms with Gasteiger partial charge in [0.15, 0.2) is 0 Å². The minimum atomic E-state index is 0.731. The van der Waals surface area contributed by atoms with E-state index in [1.165, 1.54) is 24.9 Å². The van der Waals surface area contributed by atoms with Crippen LogP contribution < -0.4 is 5.32 Å². The molecule has 1 aliphatic carbocycles. The fourth-order valence-corrected chi connectivity index (χ4v) is 2.55. The number of rotatable bonds is 8. The quantitative estimate of drug-likeness (QED) is 0.781. The Labute approximate surface area is 117 Å². The van der Waals surface area contributed by atoms with Crippen LogP contribution in [0.5, 0.6) is 0 Å². The van der Waals surface area contributed by atoms with Gasteiger partial charge >= 0.3 is 0 Å². The molecular formula is C16H28N2O. The van der Waals surface area contributed by atoms with Gasteiger partial charge in [0.25, 0.3) is 0 Å². The number of hydrogen-bond acceptors (Lipinski definition) is 3. The Morgan fingerprint density at radius 3 is 2.74 bits per heavy atom. The summed E-state index contributed by atoms with van der Waals surface area (Å²) in [6.07, 6.45) is 2.74. The molecule has 0 spiro atoms. The molecule has 3 nitrogen and oxygen atoms in total. The first kappa shape index (κ1) is 14.6. The van der Waals surface area contributed by atoms with E-state index >= 15 is 0 Å². The molecule has 19 heavy (non-hydrogen) atoms. The first-order valence-electron chi connectivity index (χ1n) is 7.63. The molecule has 0 aromatic carbocycles. The van der Waals surface area contributed by atoms with Crippen LogP contribution in [0.2, 0.25) is 0 Å². The third-order valence-electron chi connectivity index (χ3n) is 3.66. The lowest BCUT2D eigenvalue weighted by Gasteiger charge is -2.23. The fraction of sp³-hybridized carbons (Fsp3) is 0.750. The van der Waals surface area contributed by atoms with Crippen molar-refractivity contribution < 1.29 is 4.42 Å². The molecule has 1 aromatic heterocycles. The second-order valence-electron chi connectivity index (χ2n) is 6.13. The molecule has 1 aliphatic rings. The van der Waals surface area contributed by atoms with Crippen molar-refractivity contribution >= 4 is 0 Å². The average Bonchev–Trinajstić information content (AvgIpc) is 3.12. The fourth-order valence-electron chi connectivity index (χ4n) is 2.55. The van der Waals surface area contributed by atoms with Crippen molar-refractivity contribution in [3.63, 3.8) is 0 Å². The van der Waals surface area contributed by atoms with Gasteiger partial charge in [-0.25, -0.2) is 0 Å². The number of hydrogen-bond donors (Lipinski definition) is 1. The molecule has 0 atom stereocenters. The Balaban J connectivity index is 1.97. The summed E-state index contributed by atoms with van der Waals surface area (Å²) < 4.78 is 5.83. The highest BCUT2D eigenvalue weighted by Crippen LogP contribution is 2.30. The number of aryl methyl sites for hydroxylation is 1. The van der Waals surface area contributed by atoms with Gasteiger partial charge in [0.1, 0.15) is 11.5 Å². The normalized spacial score (nSPS) is 15.7. The van der Waals surface area contributed by atoms with Crippen LogP contribution in [0.3, 0.4) is 0 Å². The summed E-state index contributed by atoms with van der Waals surface area (Å²) in [6, 6.07) is 3.04. The molecule has 3 heteroatoms. The maximum absolute atomic E-state index is 5.83. The van der Waals surface area contributed by atoms with Crippen LogP contribution in [-0.2, 0) is 13.1 Å². The van der Waals surface area contributed by atoms with Crippen LogP contribution in [0.1, 0.15) is 50.7 Å². The Morgan fingerprint density at radius 2 is 2.16 bits per heavy atom. The SMILES string of the molecule is CCNCc1cc(CN(CC(C)C)C2CC2)c(C)o1. The molecule has 1 heterocycles. The minimum Gasteiger partial charge on any atom is -0.465 e. The molecular weight excluding hydrogens is 236 g/mol. The lowest BCUT2D eigenvalue weighted by atomic mass is 10.1. The second-order valence-corrected chi connectivity index (χ2v) is 6.13. The van der Waals surface area contributed by atoms with E-state index in [1.807, 2.05) is 0 Å². The summed E-state index contributed by atoms with van der Waals surface area (Å²) in [5.41, 5.74) is 1.36. The maximum atomic E-state index is 5.83. The molecule has 1 fully saturated rings. The molecule has 2 rings (SSSR count). The monoisotopic (exact) mass is 264 g/mol. The molecule has 0 radical (unpaired) electrons. The molecule has 0 unspecified atom stereocenters. The summed E-state index contributed by atoms with van der Waals surface area (Å²) in [6.45, 7) is 12.9. The van der Waals surface area contributed by atoms with Gasteiger partial charge in [-0.1, -0.05) is 20.8 Å². The number of nitrogens with one attached hydrogen (secondary N) is 1. The lowest BCUT2D eigenvalue weighted by molar-refractivity contribution is 0.225. The summed E-state index contributed by atoms with van der Waals surface area (Å²) in [5, 5.41) is 3.32. The summed E-state index contributed by atoms with van der Waals surface area (Å²) in [4.78, 5) is 2.62. The highest BCUT2D eigenvalue weighted by Gasteiger charge is 2.29. The smallest absolute Gasteiger partial charge is 0.118 e. The third-order valence-corrected chi connectivity index (χ3v) is 3.66. The lowest BCUT2D eigenvalue weighted by Crippen LogP contribution is -2.29. The van der Waals surface area contributed by atoms with Gasteiger partial charge in [-0.15, -0.1) is 0 Å². The third kappa shape index (κ3) is 4.36. The van der Waals surface area contributed by atoms with E-state index in [4.69, 9.17) is 4.42 Å². The Kier molecular flexibility index (Phi) is 5.06. The van der Waals surface area contributed by atoms with Crippen LogP contribution in [0, 0.1) is 12.8 Å². The van der Waals surface area contributed by atoms with E-state index in [1.54, 1.807) is 0 Å². The van der Waals surface area contributed by atoms with Gasteiger partial charge in [0, 0.05) is 24.7 Å². The standard InChI is InChI=1S/C16H28N2O/c1-5-17-9-16-8-14(13(4)19-16)11-18(10-12(2)3)15-6-7-15/h8,12,15,17H,5-7,9-11H2,1-4H3. The highest BCUT2D eigenvalue weighted by molar-refractivity contribution is 5.21. The van der Waals surface area contributed by atoms with Gasteiger partial charge in [-0.2, -0.15) is 0 Å². The highest BCUT2D eigenvalue weighted by atomic mass is 16.3. The van der Waals surface area contributed by atoms with Crippen molar-refractivity contribution in [2.45, 2.75) is 59.7 Å². The van der Waals surface area contributed by atoms with Crippen LogP contribution in [0.4, 0.5) is 0 Å². The molecule has 0 amide bonds. The van der Waals surface area contributed by atoms with E-state index in [0.717, 1.165) is 43.1 Å². The summed E-state index contributed by atoms with van der Waals surface area (Å²) >= 11 is 0. The molecule has 1 aromatic rings. The van der Waals surface area contributed by atoms with Crippen molar-refractivity contribution in [3.05, 3.63) is 23.2 Å². The van der Waals surface area contributed by atoms with E-state index in [0.29, 0.717) is 0 Å². The summed E-state index contributed by atoms with van der Waals surface area (Å²) in [7, 11) is 0. The predicted molar refractivity (Wildman–Crippen MR) is 79.1 cm³/mol. The molecule has 108 valence electrons. The van der Waals surface area contributed by atoms with Crippen LogP contribution in [0.25, 0.3) is 0 Å². The van der Waals surface area contributed by atoms with Crippen LogP contribution >= 0.6 is 0 Å². The molecule has 0 aliphatic heterocycles. The van der Waals surface area contributed by atoms with Crippen molar-refractivity contribution in [1.82, 2.24) is 10.2 Å². The van der Waals surface area contributed by atoms with Crippen molar-refractivity contribution in [2.75, 3.05) is 13.1 Å². The molecule has 0 bridgehead atoms. The zero-order valence-electron chi connectivity index (χ0n) is 12.8. The molecule has 1 N–H and O–H groups in total. The molecule has 1 saturated carbocycles. The second kappa shape index (κ2) is 6.58. The topological polar surface area (TPSA) is 28.4 Å². The minimum absolute atomic E-state index is 0.731. The van der Waals surface area contributed by atoms with Gasteiger partial charge in [-0.3, -0.25) is 4.90 Å². The molecule has 0 saturated heterocycles. The van der Waals surface area contributed by atoms with Crippen molar-refractivity contribution in [1.29, 1.82) is 0 Å². The van der Waals surface area contributed by atoms with Crippen molar-refractivity contribution in [2.24, 2.45) is 5.92 Å². The number of nitrogens with zero attached hydrogens (tertiary/aromatic N) is 1. The first-order valence-corrected chi connectivity index (χ1v) is 7.63. The number of furan rings is 1. The first-order chi connectivity index (χ1) is 9.10. The van der Waals surface area contributed by atoms with Gasteiger partial charge in [-0.05, 0) is 38.3 Å². The Morgan fingerprint density at radius 1 is 1.42 bits per heavy atom. The van der Waals surface area contributed by atoms with Gasteiger partial charge in [0.2, 0.25) is 0 Å². The van der Waals surface area contributed by atoms with Gasteiger partial charge < -0.3 is 9.73 Å². The van der Waals surface area contributed by atoms with Crippen LogP contribution in [-0.4, -0.2) is 24.0 Å². The maximum Gasteiger partial charge on any atom is 0.118 e. The van der Waals surface area contributed by atoms with E-state index in [-0.39, 0.29) is 0 Å².